The standard InChI is InChI=1S/C16H26N2O3S/c1-4-15(12-19)17-7-9-18(10-8-17)22(20,21)16-6-5-13(2)11-14(16)3/h5-6,11,15,19H,4,7-10,12H2,1-3H3. The van der Waals surface area contributed by atoms with E-state index in [1.54, 1.807) is 10.4 Å². The Kier molecular flexibility index (Phi) is 5.60. The molecule has 0 radical (unpaired) electrons. The molecule has 0 aliphatic carbocycles. The highest BCUT2D eigenvalue weighted by Gasteiger charge is 2.31. The van der Waals surface area contributed by atoms with Crippen molar-refractivity contribution in [3.63, 3.8) is 0 Å². The molecule has 1 atom stereocenters. The number of aliphatic hydroxyl groups is 1. The van der Waals surface area contributed by atoms with Crippen LogP contribution in [0, 0.1) is 13.8 Å². The summed E-state index contributed by atoms with van der Waals surface area (Å²) in [5.41, 5.74) is 1.86. The van der Waals surface area contributed by atoms with Crippen molar-refractivity contribution in [2.45, 2.75) is 38.1 Å². The first-order valence-electron chi connectivity index (χ1n) is 7.82. The zero-order valence-electron chi connectivity index (χ0n) is 13.6. The van der Waals surface area contributed by atoms with E-state index in [1.807, 2.05) is 32.9 Å². The fraction of sp³-hybridized carbons (Fsp3) is 0.625. The number of hydrogen-bond donors (Lipinski definition) is 1. The number of sulfonamides is 1. The zero-order valence-corrected chi connectivity index (χ0v) is 14.4. The minimum Gasteiger partial charge on any atom is -0.395 e. The highest BCUT2D eigenvalue weighted by atomic mass is 32.2. The summed E-state index contributed by atoms with van der Waals surface area (Å²) < 4.78 is 27.1. The minimum absolute atomic E-state index is 0.125. The molecule has 1 heterocycles. The van der Waals surface area contributed by atoms with Crippen LogP contribution in [0.5, 0.6) is 0 Å². The molecule has 0 aromatic heterocycles. The van der Waals surface area contributed by atoms with Crippen molar-refractivity contribution in [1.82, 2.24) is 9.21 Å². The summed E-state index contributed by atoms with van der Waals surface area (Å²) in [5, 5.41) is 9.37. The van der Waals surface area contributed by atoms with Gasteiger partial charge in [-0.15, -0.1) is 0 Å². The molecule has 1 unspecified atom stereocenters. The molecule has 1 aromatic carbocycles. The molecule has 2 rings (SSSR count). The van der Waals surface area contributed by atoms with Crippen LogP contribution in [0.3, 0.4) is 0 Å². The lowest BCUT2D eigenvalue weighted by atomic mass is 10.2. The van der Waals surface area contributed by atoms with Crippen LogP contribution in [0.15, 0.2) is 23.1 Å². The molecule has 5 nitrogen and oxygen atoms in total. The van der Waals surface area contributed by atoms with E-state index in [4.69, 9.17) is 0 Å². The number of aryl methyl sites for hydroxylation is 2. The molecule has 124 valence electrons. The van der Waals surface area contributed by atoms with Crippen LogP contribution < -0.4 is 0 Å². The quantitative estimate of drug-likeness (QED) is 0.888. The van der Waals surface area contributed by atoms with E-state index in [-0.39, 0.29) is 12.6 Å². The van der Waals surface area contributed by atoms with Gasteiger partial charge in [0.25, 0.3) is 0 Å². The monoisotopic (exact) mass is 326 g/mol. The van der Waals surface area contributed by atoms with Gasteiger partial charge in [0.2, 0.25) is 10.0 Å². The second-order valence-electron chi connectivity index (χ2n) is 5.95. The van der Waals surface area contributed by atoms with Crippen LogP contribution in [-0.2, 0) is 10.0 Å². The number of aliphatic hydroxyl groups excluding tert-OH is 1. The van der Waals surface area contributed by atoms with Crippen LogP contribution >= 0.6 is 0 Å². The molecule has 1 aromatic rings. The van der Waals surface area contributed by atoms with Gasteiger partial charge in [0.15, 0.2) is 0 Å². The SMILES string of the molecule is CCC(CO)N1CCN(S(=O)(=O)c2ccc(C)cc2C)CC1. The maximum absolute atomic E-state index is 12.8. The van der Waals surface area contributed by atoms with Gasteiger partial charge in [-0.3, -0.25) is 4.90 Å². The van der Waals surface area contributed by atoms with Crippen LogP contribution in [0.25, 0.3) is 0 Å². The Morgan fingerprint density at radius 2 is 1.82 bits per heavy atom. The van der Waals surface area contributed by atoms with Crippen molar-refractivity contribution in [2.24, 2.45) is 0 Å². The van der Waals surface area contributed by atoms with Gasteiger partial charge in [-0.1, -0.05) is 24.6 Å². The maximum atomic E-state index is 12.8. The first-order chi connectivity index (χ1) is 10.4. The molecule has 1 aliphatic rings. The van der Waals surface area contributed by atoms with Gasteiger partial charge in [-0.05, 0) is 31.9 Å². The summed E-state index contributed by atoms with van der Waals surface area (Å²) >= 11 is 0. The summed E-state index contributed by atoms with van der Waals surface area (Å²) in [6.07, 6.45) is 0.875. The summed E-state index contributed by atoms with van der Waals surface area (Å²) in [4.78, 5) is 2.58. The molecule has 0 bridgehead atoms. The summed E-state index contributed by atoms with van der Waals surface area (Å²) in [6, 6.07) is 5.58. The van der Waals surface area contributed by atoms with Gasteiger partial charge in [0.05, 0.1) is 11.5 Å². The number of hydrogen-bond acceptors (Lipinski definition) is 4. The Bertz CT molecular complexity index is 604. The Morgan fingerprint density at radius 1 is 1.18 bits per heavy atom. The topological polar surface area (TPSA) is 60.9 Å². The van der Waals surface area contributed by atoms with E-state index in [0.29, 0.717) is 31.1 Å². The lowest BCUT2D eigenvalue weighted by Gasteiger charge is -2.37. The maximum Gasteiger partial charge on any atom is 0.243 e. The minimum atomic E-state index is -3.43. The molecule has 0 spiro atoms. The predicted molar refractivity (Wildman–Crippen MR) is 87.4 cm³/mol. The van der Waals surface area contributed by atoms with Crippen molar-refractivity contribution >= 4 is 10.0 Å². The van der Waals surface area contributed by atoms with Crippen molar-refractivity contribution in [3.05, 3.63) is 29.3 Å². The predicted octanol–water partition coefficient (Wildman–Crippen LogP) is 1.38. The second kappa shape index (κ2) is 7.08. The fourth-order valence-corrected chi connectivity index (χ4v) is 4.67. The highest BCUT2D eigenvalue weighted by molar-refractivity contribution is 7.89. The van der Waals surface area contributed by atoms with Crippen LogP contribution in [0.4, 0.5) is 0 Å². The largest absolute Gasteiger partial charge is 0.395 e. The van der Waals surface area contributed by atoms with Gasteiger partial charge < -0.3 is 5.11 Å². The molecule has 1 N–H and O–H groups in total. The van der Waals surface area contributed by atoms with Crippen molar-refractivity contribution < 1.29 is 13.5 Å². The Labute approximate surface area is 133 Å². The molecule has 1 saturated heterocycles. The van der Waals surface area contributed by atoms with E-state index in [1.165, 1.54) is 0 Å². The number of rotatable bonds is 5. The average Bonchev–Trinajstić information content (AvgIpc) is 2.48. The number of piperazine rings is 1. The van der Waals surface area contributed by atoms with E-state index in [9.17, 15) is 13.5 Å². The van der Waals surface area contributed by atoms with E-state index < -0.39 is 10.0 Å². The lowest BCUT2D eigenvalue weighted by molar-refractivity contribution is 0.0881. The summed E-state index contributed by atoms with van der Waals surface area (Å²) in [7, 11) is -3.43. The second-order valence-corrected chi connectivity index (χ2v) is 7.86. The van der Waals surface area contributed by atoms with Gasteiger partial charge >= 0.3 is 0 Å². The normalized spacial score (nSPS) is 19.3. The number of nitrogens with zero attached hydrogens (tertiary/aromatic N) is 2. The Balaban J connectivity index is 2.13. The summed E-state index contributed by atoms with van der Waals surface area (Å²) in [5.74, 6) is 0. The molecule has 1 aliphatic heterocycles. The first-order valence-corrected chi connectivity index (χ1v) is 9.26. The Hall–Kier alpha value is -0.950. The lowest BCUT2D eigenvalue weighted by Crippen LogP contribution is -2.52. The molecule has 22 heavy (non-hydrogen) atoms. The smallest absolute Gasteiger partial charge is 0.243 e. The van der Waals surface area contributed by atoms with Crippen molar-refractivity contribution in [3.8, 4) is 0 Å². The van der Waals surface area contributed by atoms with Gasteiger partial charge in [-0.25, -0.2) is 8.42 Å². The van der Waals surface area contributed by atoms with E-state index in [0.717, 1.165) is 17.5 Å². The van der Waals surface area contributed by atoms with Crippen LogP contribution in [0.2, 0.25) is 0 Å². The third kappa shape index (κ3) is 3.51. The van der Waals surface area contributed by atoms with Crippen LogP contribution in [0.1, 0.15) is 24.5 Å². The third-order valence-electron chi connectivity index (χ3n) is 4.42. The van der Waals surface area contributed by atoms with E-state index >= 15 is 0 Å². The van der Waals surface area contributed by atoms with Gasteiger partial charge in [0, 0.05) is 32.2 Å². The highest BCUT2D eigenvalue weighted by Crippen LogP contribution is 2.22. The van der Waals surface area contributed by atoms with Crippen LogP contribution in [-0.4, -0.2) is 61.6 Å². The fourth-order valence-electron chi connectivity index (χ4n) is 3.04. The van der Waals surface area contributed by atoms with Crippen molar-refractivity contribution in [2.75, 3.05) is 32.8 Å². The summed E-state index contributed by atoms with van der Waals surface area (Å²) in [6.45, 7) is 8.27. The number of benzene rings is 1. The molecule has 0 saturated carbocycles. The van der Waals surface area contributed by atoms with Gasteiger partial charge in [-0.2, -0.15) is 4.31 Å². The van der Waals surface area contributed by atoms with Gasteiger partial charge in [0.1, 0.15) is 0 Å². The molecule has 1 fully saturated rings. The average molecular weight is 326 g/mol. The molecular weight excluding hydrogens is 300 g/mol. The Morgan fingerprint density at radius 3 is 2.32 bits per heavy atom. The molecule has 0 amide bonds. The first kappa shape index (κ1) is 17.4. The van der Waals surface area contributed by atoms with E-state index in [2.05, 4.69) is 4.90 Å². The molecule has 6 heteroatoms. The van der Waals surface area contributed by atoms with Crippen molar-refractivity contribution in [1.29, 1.82) is 0 Å². The third-order valence-corrected chi connectivity index (χ3v) is 6.48. The molecular formula is C16H26N2O3S. The zero-order chi connectivity index (χ0) is 16.3.